The molecule has 1 aromatic carbocycles. The van der Waals surface area contributed by atoms with Crippen LogP contribution < -0.4 is 0 Å². The fraction of sp³-hybridized carbons (Fsp3) is 0.238. The van der Waals surface area contributed by atoms with Gasteiger partial charge in [-0.1, -0.05) is 23.2 Å². The van der Waals surface area contributed by atoms with Crippen molar-refractivity contribution >= 4 is 35.2 Å². The SMILES string of the molecule is N#Cc1nn(-c2c(Cl)cc(C(F)(F)F)cc2Cl)c(/N=C/c2ccncc2)c1C1(C(F)(F)F)CC1(F)F. The van der Waals surface area contributed by atoms with Gasteiger partial charge in [0.2, 0.25) is 0 Å². The molecule has 2 heterocycles. The van der Waals surface area contributed by atoms with Crippen molar-refractivity contribution < 1.29 is 35.1 Å². The predicted molar refractivity (Wildman–Crippen MR) is 112 cm³/mol. The first-order valence-electron chi connectivity index (χ1n) is 9.63. The number of rotatable bonds is 4. The summed E-state index contributed by atoms with van der Waals surface area (Å²) >= 11 is 12.0. The van der Waals surface area contributed by atoms with Gasteiger partial charge >= 0.3 is 12.4 Å². The molecule has 0 radical (unpaired) electrons. The van der Waals surface area contributed by atoms with Gasteiger partial charge < -0.3 is 0 Å². The van der Waals surface area contributed by atoms with E-state index in [0.29, 0.717) is 16.8 Å². The summed E-state index contributed by atoms with van der Waals surface area (Å²) in [5.74, 6) is -5.21. The summed E-state index contributed by atoms with van der Waals surface area (Å²) in [7, 11) is 0. The van der Waals surface area contributed by atoms with Crippen LogP contribution in [0.5, 0.6) is 0 Å². The molecule has 0 N–H and O–H groups in total. The fourth-order valence-corrected chi connectivity index (χ4v) is 4.33. The Morgan fingerprint density at radius 2 is 1.61 bits per heavy atom. The van der Waals surface area contributed by atoms with Crippen LogP contribution in [0, 0.1) is 11.3 Å². The zero-order valence-electron chi connectivity index (χ0n) is 17.3. The Morgan fingerprint density at radius 3 is 2.06 bits per heavy atom. The molecule has 1 saturated carbocycles. The van der Waals surface area contributed by atoms with Crippen molar-refractivity contribution in [1.82, 2.24) is 14.8 Å². The number of aliphatic imine (C=N–C) groups is 1. The summed E-state index contributed by atoms with van der Waals surface area (Å²) in [5, 5.41) is 11.7. The van der Waals surface area contributed by atoms with Crippen LogP contribution in [-0.2, 0) is 11.6 Å². The highest BCUT2D eigenvalue weighted by Crippen LogP contribution is 2.71. The smallest absolute Gasteiger partial charge is 0.265 e. The fourth-order valence-electron chi connectivity index (χ4n) is 3.68. The second-order valence-corrected chi connectivity index (χ2v) is 8.49. The topological polar surface area (TPSA) is 66.9 Å². The zero-order chi connectivity index (χ0) is 26.7. The molecule has 1 unspecified atom stereocenters. The van der Waals surface area contributed by atoms with Crippen molar-refractivity contribution in [1.29, 1.82) is 5.26 Å². The van der Waals surface area contributed by atoms with Crippen molar-refractivity contribution in [2.24, 2.45) is 4.99 Å². The molecular weight excluding hydrogens is 545 g/mol. The van der Waals surface area contributed by atoms with E-state index in [-0.39, 0.29) is 5.56 Å². The van der Waals surface area contributed by atoms with Gasteiger partial charge in [-0.15, -0.1) is 0 Å². The Kier molecular flexibility index (Phi) is 6.04. The Balaban J connectivity index is 2.05. The van der Waals surface area contributed by atoms with Crippen molar-refractivity contribution in [3.05, 3.63) is 69.1 Å². The van der Waals surface area contributed by atoms with Crippen LogP contribution in [0.25, 0.3) is 5.69 Å². The number of halogens is 10. The highest BCUT2D eigenvalue weighted by molar-refractivity contribution is 6.38. The lowest BCUT2D eigenvalue weighted by molar-refractivity contribution is -0.182. The average molecular weight is 554 g/mol. The maximum atomic E-state index is 14.3. The van der Waals surface area contributed by atoms with E-state index in [0.717, 1.165) is 6.21 Å². The van der Waals surface area contributed by atoms with Gasteiger partial charge in [-0.2, -0.15) is 36.7 Å². The number of alkyl halides is 8. The molecule has 0 bridgehead atoms. The van der Waals surface area contributed by atoms with E-state index in [2.05, 4.69) is 15.1 Å². The number of benzene rings is 1. The van der Waals surface area contributed by atoms with Gasteiger partial charge in [-0.25, -0.2) is 18.5 Å². The molecule has 1 atom stereocenters. The van der Waals surface area contributed by atoms with E-state index in [1.54, 1.807) is 0 Å². The number of pyridine rings is 1. The summed E-state index contributed by atoms with van der Waals surface area (Å²) in [6.45, 7) is 0. The Bertz CT molecular complexity index is 1380. The molecule has 188 valence electrons. The molecular formula is C21H9Cl2F8N5. The van der Waals surface area contributed by atoms with E-state index >= 15 is 0 Å². The normalized spacial score (nSPS) is 19.5. The quantitative estimate of drug-likeness (QED) is 0.257. The first kappa shape index (κ1) is 25.8. The van der Waals surface area contributed by atoms with Crippen molar-refractivity contribution in [2.75, 3.05) is 0 Å². The molecule has 0 aliphatic heterocycles. The highest BCUT2D eigenvalue weighted by atomic mass is 35.5. The first-order valence-corrected chi connectivity index (χ1v) is 10.4. The summed E-state index contributed by atoms with van der Waals surface area (Å²) < 4.78 is 111. The van der Waals surface area contributed by atoms with Gasteiger partial charge in [-0.05, 0) is 29.8 Å². The van der Waals surface area contributed by atoms with E-state index in [1.807, 2.05) is 0 Å². The molecule has 0 spiro atoms. The standard InChI is InChI=1S/C21H9Cl2F8N5/c22-12-5-11(20(26,27)28)6-13(23)16(12)36-17(34-8-10-1-3-33-4-2-10)15(14(7-32)35-36)18(21(29,30)31)9-19(18,24)25/h1-6,8H,9H2/b34-8+. The van der Waals surface area contributed by atoms with E-state index in [4.69, 9.17) is 23.2 Å². The van der Waals surface area contributed by atoms with E-state index < -0.39 is 68.5 Å². The summed E-state index contributed by atoms with van der Waals surface area (Å²) in [4.78, 5) is 7.64. The third-order valence-electron chi connectivity index (χ3n) is 5.46. The van der Waals surface area contributed by atoms with Gasteiger partial charge in [-0.3, -0.25) is 4.98 Å². The first-order chi connectivity index (χ1) is 16.6. The maximum Gasteiger partial charge on any atom is 0.416 e. The molecule has 15 heteroatoms. The molecule has 3 aromatic rings. The Labute approximate surface area is 206 Å². The highest BCUT2D eigenvalue weighted by Gasteiger charge is 2.86. The van der Waals surface area contributed by atoms with Crippen LogP contribution in [0.1, 0.15) is 28.8 Å². The lowest BCUT2D eigenvalue weighted by atomic mass is 9.93. The van der Waals surface area contributed by atoms with Gasteiger partial charge in [0.25, 0.3) is 5.92 Å². The second kappa shape index (κ2) is 8.41. The summed E-state index contributed by atoms with van der Waals surface area (Å²) in [6, 6.07) is 4.97. The van der Waals surface area contributed by atoms with Gasteiger partial charge in [0.1, 0.15) is 11.8 Å². The molecule has 1 aliphatic carbocycles. The molecule has 0 saturated heterocycles. The van der Waals surface area contributed by atoms with E-state index in [1.165, 1.54) is 30.6 Å². The molecule has 36 heavy (non-hydrogen) atoms. The lowest BCUT2D eigenvalue weighted by Gasteiger charge is -2.20. The Morgan fingerprint density at radius 1 is 1.06 bits per heavy atom. The minimum atomic E-state index is -5.54. The van der Waals surface area contributed by atoms with Crippen LogP contribution in [0.2, 0.25) is 10.0 Å². The predicted octanol–water partition coefficient (Wildman–Crippen LogP) is 7.05. The number of hydrogen-bond acceptors (Lipinski definition) is 4. The van der Waals surface area contributed by atoms with Gasteiger partial charge in [0.15, 0.2) is 16.9 Å². The van der Waals surface area contributed by atoms with E-state index in [9.17, 15) is 40.4 Å². The van der Waals surface area contributed by atoms with Gasteiger partial charge in [0, 0.05) is 25.0 Å². The van der Waals surface area contributed by atoms with Crippen molar-refractivity contribution in [3.8, 4) is 11.8 Å². The van der Waals surface area contributed by atoms with Crippen molar-refractivity contribution in [3.63, 3.8) is 0 Å². The van der Waals surface area contributed by atoms with Crippen LogP contribution in [0.15, 0.2) is 41.7 Å². The number of aromatic nitrogens is 3. The largest absolute Gasteiger partial charge is 0.416 e. The zero-order valence-corrected chi connectivity index (χ0v) is 18.8. The molecule has 1 fully saturated rings. The maximum absolute atomic E-state index is 14.3. The molecule has 4 rings (SSSR count). The average Bonchev–Trinajstić information content (AvgIpc) is 3.19. The van der Waals surface area contributed by atoms with Crippen LogP contribution in [0.4, 0.5) is 40.9 Å². The number of hydrogen-bond donors (Lipinski definition) is 0. The molecule has 1 aliphatic rings. The Hall–Kier alpha value is -3.24. The number of nitrogens with zero attached hydrogens (tertiary/aromatic N) is 5. The molecule has 2 aromatic heterocycles. The lowest BCUT2D eigenvalue weighted by Crippen LogP contribution is -2.35. The van der Waals surface area contributed by atoms with Crippen LogP contribution >= 0.6 is 23.2 Å². The molecule has 5 nitrogen and oxygen atoms in total. The minimum absolute atomic E-state index is 0.274. The number of nitriles is 1. The van der Waals surface area contributed by atoms with Crippen LogP contribution in [0.3, 0.4) is 0 Å². The third-order valence-corrected chi connectivity index (χ3v) is 6.04. The van der Waals surface area contributed by atoms with Crippen LogP contribution in [-0.4, -0.2) is 33.1 Å². The van der Waals surface area contributed by atoms with Gasteiger partial charge in [0.05, 0.1) is 21.2 Å². The third kappa shape index (κ3) is 4.08. The minimum Gasteiger partial charge on any atom is -0.265 e. The van der Waals surface area contributed by atoms with Crippen molar-refractivity contribution in [2.45, 2.75) is 30.1 Å². The monoisotopic (exact) mass is 553 g/mol. The summed E-state index contributed by atoms with van der Waals surface area (Å²) in [5.41, 5.74) is -7.72. The second-order valence-electron chi connectivity index (χ2n) is 7.68. The molecule has 0 amide bonds. The summed E-state index contributed by atoms with van der Waals surface area (Å²) in [6.07, 6.45) is -8.49.